The molecule has 1 aromatic rings. The van der Waals surface area contributed by atoms with Crippen LogP contribution in [0.15, 0.2) is 30.3 Å². The lowest BCUT2D eigenvalue weighted by Gasteiger charge is -2.57. The average molecular weight is 597 g/mol. The Morgan fingerprint density at radius 1 is 1.02 bits per heavy atom. The van der Waals surface area contributed by atoms with Gasteiger partial charge in [-0.2, -0.15) is 5.26 Å². The first-order valence-electron chi connectivity index (χ1n) is 15.5. The number of halogens is 1. The first-order valence-corrected chi connectivity index (χ1v) is 15.5. The van der Waals surface area contributed by atoms with Gasteiger partial charge in [0.1, 0.15) is 25.4 Å². The molecule has 3 aliphatic carbocycles. The number of carbonyl (C=O) groups excluding carboxylic acids is 4. The number of benzene rings is 1. The monoisotopic (exact) mass is 596 g/mol. The molecule has 5 fully saturated rings. The number of nitriles is 1. The highest BCUT2D eigenvalue weighted by molar-refractivity contribution is 5.85. The van der Waals surface area contributed by atoms with Crippen LogP contribution in [0.4, 0.5) is 9.18 Å². The van der Waals surface area contributed by atoms with Crippen molar-refractivity contribution >= 4 is 23.9 Å². The topological polar surface area (TPSA) is 120 Å². The minimum atomic E-state index is -1.27. The van der Waals surface area contributed by atoms with Crippen molar-refractivity contribution in [3.05, 3.63) is 35.9 Å². The summed E-state index contributed by atoms with van der Waals surface area (Å²) in [6, 6.07) is 10.4. The summed E-state index contributed by atoms with van der Waals surface area (Å²) in [4.78, 5) is 57.7. The number of alkyl halides is 1. The molecule has 3 saturated carbocycles. The zero-order valence-electron chi connectivity index (χ0n) is 24.8. The molecule has 2 atom stereocenters. The number of fused-ring (bicyclic) bond motifs is 3. The Hall–Kier alpha value is -3.68. The van der Waals surface area contributed by atoms with Crippen molar-refractivity contribution in [3.8, 4) is 6.07 Å². The Morgan fingerprint density at radius 3 is 2.28 bits per heavy atom. The van der Waals surface area contributed by atoms with Gasteiger partial charge < -0.3 is 19.3 Å². The van der Waals surface area contributed by atoms with Crippen LogP contribution in [0.3, 0.4) is 0 Å². The van der Waals surface area contributed by atoms with E-state index in [4.69, 9.17) is 9.47 Å². The fourth-order valence-electron chi connectivity index (χ4n) is 7.44. The highest BCUT2D eigenvalue weighted by Crippen LogP contribution is 2.55. The average Bonchev–Trinajstić information content (AvgIpc) is 3.44. The molecule has 0 aromatic heterocycles. The number of hydrogen-bond acceptors (Lipinski definition) is 7. The molecule has 0 N–H and O–H groups in total. The van der Waals surface area contributed by atoms with Crippen LogP contribution in [0, 0.1) is 22.7 Å². The molecule has 6 rings (SSSR count). The summed E-state index contributed by atoms with van der Waals surface area (Å²) in [6.45, 7) is 2.75. The minimum Gasteiger partial charge on any atom is -0.466 e. The summed E-state index contributed by atoms with van der Waals surface area (Å²) < 4.78 is 25.0. The number of ether oxygens (including phenoxy) is 2. The van der Waals surface area contributed by atoms with Crippen LogP contribution < -0.4 is 0 Å². The van der Waals surface area contributed by atoms with Gasteiger partial charge in [0.05, 0.1) is 25.1 Å². The maximum atomic E-state index is 14.1. The van der Waals surface area contributed by atoms with E-state index in [0.29, 0.717) is 71.1 Å². The van der Waals surface area contributed by atoms with Gasteiger partial charge in [0.2, 0.25) is 11.8 Å². The van der Waals surface area contributed by atoms with Crippen LogP contribution in [0.1, 0.15) is 70.3 Å². The van der Waals surface area contributed by atoms with E-state index in [1.165, 1.54) is 9.80 Å². The molecule has 2 bridgehead atoms. The van der Waals surface area contributed by atoms with E-state index in [2.05, 4.69) is 0 Å². The predicted octanol–water partition coefficient (Wildman–Crippen LogP) is 3.98. The van der Waals surface area contributed by atoms with Gasteiger partial charge in [0.15, 0.2) is 0 Å². The third-order valence-electron chi connectivity index (χ3n) is 10.1. The molecule has 0 radical (unpaired) electrons. The summed E-state index contributed by atoms with van der Waals surface area (Å²) in [5.74, 6) is -0.733. The number of piperidine rings is 1. The SMILES string of the molecule is CCOC(=O)C1CCN(C(=O)C23CCC(N(CC(=O)N4C[C@@H](F)C[C@H]4C#N)C(=O)OCc4ccccc4)(CC2)CC3)CC1. The number of hydrogen-bond donors (Lipinski definition) is 0. The van der Waals surface area contributed by atoms with Gasteiger partial charge in [0.25, 0.3) is 0 Å². The van der Waals surface area contributed by atoms with Gasteiger partial charge in [0, 0.05) is 30.5 Å². The van der Waals surface area contributed by atoms with Crippen molar-refractivity contribution in [3.63, 3.8) is 0 Å². The third-order valence-corrected chi connectivity index (χ3v) is 10.1. The van der Waals surface area contributed by atoms with Crippen LogP contribution in [0.5, 0.6) is 0 Å². The van der Waals surface area contributed by atoms with Gasteiger partial charge in [-0.15, -0.1) is 0 Å². The smallest absolute Gasteiger partial charge is 0.411 e. The molecule has 2 heterocycles. The highest BCUT2D eigenvalue weighted by atomic mass is 19.1. The summed E-state index contributed by atoms with van der Waals surface area (Å²) >= 11 is 0. The molecule has 5 aliphatic rings. The zero-order valence-corrected chi connectivity index (χ0v) is 24.8. The molecular weight excluding hydrogens is 555 g/mol. The second-order valence-electron chi connectivity index (χ2n) is 12.5. The maximum absolute atomic E-state index is 14.1. The fraction of sp³-hybridized carbons (Fsp3) is 0.656. The molecule has 3 amide bonds. The van der Waals surface area contributed by atoms with E-state index >= 15 is 0 Å². The normalized spacial score (nSPS) is 28.7. The molecule has 0 unspecified atom stereocenters. The van der Waals surface area contributed by atoms with Crippen LogP contribution in [0.2, 0.25) is 0 Å². The number of likely N-dealkylation sites (tertiary alicyclic amines) is 2. The summed E-state index contributed by atoms with van der Waals surface area (Å²) in [5, 5.41) is 9.49. The lowest BCUT2D eigenvalue weighted by atomic mass is 9.56. The van der Waals surface area contributed by atoms with Crippen LogP contribution >= 0.6 is 0 Å². The zero-order chi connectivity index (χ0) is 30.6. The molecule has 2 aliphatic heterocycles. The van der Waals surface area contributed by atoms with E-state index in [9.17, 15) is 28.8 Å². The lowest BCUT2D eigenvalue weighted by Crippen LogP contribution is -2.63. The quantitative estimate of drug-likeness (QED) is 0.416. The lowest BCUT2D eigenvalue weighted by molar-refractivity contribution is -0.159. The van der Waals surface area contributed by atoms with Crippen molar-refractivity contribution in [2.45, 2.75) is 89.1 Å². The first-order chi connectivity index (χ1) is 20.7. The molecule has 10 nitrogen and oxygen atoms in total. The van der Waals surface area contributed by atoms with Crippen molar-refractivity contribution in [1.82, 2.24) is 14.7 Å². The van der Waals surface area contributed by atoms with E-state index < -0.39 is 35.2 Å². The standard InChI is InChI=1S/C32H41FN4O6/c1-2-42-28(39)24-8-16-35(17-9-24)29(40)31-10-13-32(14-11-31,15-12-31)37(30(41)43-22-23-6-4-3-5-7-23)21-27(38)36-20-25(33)18-26(36)19-34/h3-7,24-26H,2,8-18,20-22H2,1H3/t25-,26-,31?,32?/m0/s1. The van der Waals surface area contributed by atoms with Gasteiger partial charge in [-0.1, -0.05) is 30.3 Å². The van der Waals surface area contributed by atoms with Crippen molar-refractivity contribution in [2.75, 3.05) is 32.8 Å². The van der Waals surface area contributed by atoms with Crippen LogP contribution in [0.25, 0.3) is 0 Å². The second kappa shape index (κ2) is 12.9. The maximum Gasteiger partial charge on any atom is 0.411 e. The number of amides is 3. The number of rotatable bonds is 8. The Bertz CT molecular complexity index is 1220. The summed E-state index contributed by atoms with van der Waals surface area (Å²) in [6.07, 6.45) is 2.62. The molecule has 2 saturated heterocycles. The minimum absolute atomic E-state index is 0.0342. The highest BCUT2D eigenvalue weighted by Gasteiger charge is 2.57. The van der Waals surface area contributed by atoms with E-state index in [1.54, 1.807) is 6.92 Å². The number of nitrogens with zero attached hydrogens (tertiary/aromatic N) is 4. The van der Waals surface area contributed by atoms with Crippen molar-refractivity contribution in [1.29, 1.82) is 5.26 Å². The molecule has 11 heteroatoms. The van der Waals surface area contributed by atoms with E-state index in [1.807, 2.05) is 41.3 Å². The van der Waals surface area contributed by atoms with E-state index in [-0.39, 0.29) is 43.9 Å². The Kier molecular flexibility index (Phi) is 9.23. The van der Waals surface area contributed by atoms with Crippen LogP contribution in [-0.2, 0) is 30.5 Å². The molecular formula is C32H41FN4O6. The fourth-order valence-corrected chi connectivity index (χ4v) is 7.44. The summed E-state index contributed by atoms with van der Waals surface area (Å²) in [7, 11) is 0. The number of carbonyl (C=O) groups is 4. The molecule has 232 valence electrons. The first kappa shape index (κ1) is 30.8. The largest absolute Gasteiger partial charge is 0.466 e. The van der Waals surface area contributed by atoms with Gasteiger partial charge in [-0.3, -0.25) is 19.3 Å². The van der Waals surface area contributed by atoms with Crippen LogP contribution in [-0.4, -0.2) is 89.1 Å². The van der Waals surface area contributed by atoms with Crippen molar-refractivity contribution in [2.24, 2.45) is 11.3 Å². The Balaban J connectivity index is 1.27. The van der Waals surface area contributed by atoms with Gasteiger partial charge >= 0.3 is 12.1 Å². The van der Waals surface area contributed by atoms with Gasteiger partial charge in [-0.05, 0) is 63.9 Å². The molecule has 43 heavy (non-hydrogen) atoms. The molecule has 0 spiro atoms. The molecule has 1 aromatic carbocycles. The Labute approximate surface area is 252 Å². The Morgan fingerprint density at radius 2 is 1.67 bits per heavy atom. The summed E-state index contributed by atoms with van der Waals surface area (Å²) in [5.41, 5.74) is -0.378. The second-order valence-corrected chi connectivity index (χ2v) is 12.5. The van der Waals surface area contributed by atoms with E-state index in [0.717, 1.165) is 5.56 Å². The third kappa shape index (κ3) is 6.34. The predicted molar refractivity (Wildman–Crippen MR) is 153 cm³/mol. The van der Waals surface area contributed by atoms with Crippen molar-refractivity contribution < 1.29 is 33.0 Å². The number of esters is 1. The van der Waals surface area contributed by atoms with Gasteiger partial charge in [-0.25, -0.2) is 9.18 Å².